The number of carbonyl (C=O) groups excluding carboxylic acids is 2. The van der Waals surface area contributed by atoms with E-state index in [0.29, 0.717) is 30.3 Å². The van der Waals surface area contributed by atoms with Crippen molar-refractivity contribution >= 4 is 29.1 Å². The van der Waals surface area contributed by atoms with Gasteiger partial charge in [-0.25, -0.2) is 4.39 Å². The standard InChI is InChI=1S/C17H14ClFN2O2/c18-15-4-2-1-3-12(15)11-20-9-10-21(17(23)16(20)22)14-7-5-13(19)6-8-14/h1-8H,9-11H2. The fourth-order valence-corrected chi connectivity index (χ4v) is 2.72. The Bertz CT molecular complexity index is 749. The molecule has 0 saturated carbocycles. The van der Waals surface area contributed by atoms with E-state index in [-0.39, 0.29) is 5.82 Å². The largest absolute Gasteiger partial charge is 0.328 e. The lowest BCUT2D eigenvalue weighted by Crippen LogP contribution is -2.54. The number of hydrogen-bond acceptors (Lipinski definition) is 2. The van der Waals surface area contributed by atoms with Crippen LogP contribution in [-0.4, -0.2) is 29.8 Å². The van der Waals surface area contributed by atoms with E-state index >= 15 is 0 Å². The minimum absolute atomic E-state index is 0.293. The smallest absolute Gasteiger partial charge is 0.316 e. The maximum atomic E-state index is 13.0. The maximum absolute atomic E-state index is 13.0. The molecule has 1 saturated heterocycles. The highest BCUT2D eigenvalue weighted by Crippen LogP contribution is 2.21. The molecule has 4 nitrogen and oxygen atoms in total. The van der Waals surface area contributed by atoms with E-state index in [9.17, 15) is 14.0 Å². The van der Waals surface area contributed by atoms with Crippen LogP contribution < -0.4 is 4.90 Å². The first-order valence-electron chi connectivity index (χ1n) is 7.16. The third-order valence-corrected chi connectivity index (χ3v) is 4.13. The summed E-state index contributed by atoms with van der Waals surface area (Å²) in [6.07, 6.45) is 0. The van der Waals surface area contributed by atoms with Crippen molar-refractivity contribution in [1.82, 2.24) is 4.90 Å². The van der Waals surface area contributed by atoms with E-state index in [1.165, 1.54) is 34.1 Å². The fourth-order valence-electron chi connectivity index (χ4n) is 2.53. The maximum Gasteiger partial charge on any atom is 0.316 e. The summed E-state index contributed by atoms with van der Waals surface area (Å²) in [5, 5.41) is 0.564. The van der Waals surface area contributed by atoms with E-state index in [1.807, 2.05) is 18.2 Å². The Morgan fingerprint density at radius 3 is 2.35 bits per heavy atom. The summed E-state index contributed by atoms with van der Waals surface area (Å²) in [6.45, 7) is 1.05. The summed E-state index contributed by atoms with van der Waals surface area (Å²) in [6, 6.07) is 12.7. The molecule has 2 aromatic carbocycles. The van der Waals surface area contributed by atoms with Crippen LogP contribution >= 0.6 is 11.6 Å². The molecule has 0 unspecified atom stereocenters. The van der Waals surface area contributed by atoms with Crippen molar-refractivity contribution in [2.24, 2.45) is 0 Å². The van der Waals surface area contributed by atoms with Crippen molar-refractivity contribution in [3.8, 4) is 0 Å². The quantitative estimate of drug-likeness (QED) is 0.811. The zero-order valence-electron chi connectivity index (χ0n) is 12.2. The Morgan fingerprint density at radius 2 is 1.65 bits per heavy atom. The predicted octanol–water partition coefficient (Wildman–Crippen LogP) is 2.85. The van der Waals surface area contributed by atoms with Gasteiger partial charge in [0.25, 0.3) is 0 Å². The van der Waals surface area contributed by atoms with Gasteiger partial charge < -0.3 is 9.80 Å². The molecule has 0 spiro atoms. The summed E-state index contributed by atoms with van der Waals surface area (Å²) < 4.78 is 13.0. The van der Waals surface area contributed by atoms with Gasteiger partial charge in [0.2, 0.25) is 0 Å². The number of carbonyl (C=O) groups is 2. The summed E-state index contributed by atoms with van der Waals surface area (Å²) in [4.78, 5) is 27.5. The van der Waals surface area contributed by atoms with Gasteiger partial charge in [-0.05, 0) is 35.9 Å². The molecule has 0 N–H and O–H groups in total. The van der Waals surface area contributed by atoms with Crippen molar-refractivity contribution in [2.45, 2.75) is 6.54 Å². The number of rotatable bonds is 3. The zero-order valence-corrected chi connectivity index (χ0v) is 13.0. The zero-order chi connectivity index (χ0) is 16.4. The Labute approximate surface area is 138 Å². The van der Waals surface area contributed by atoms with Gasteiger partial charge in [-0.3, -0.25) is 9.59 Å². The van der Waals surface area contributed by atoms with Crippen molar-refractivity contribution in [1.29, 1.82) is 0 Å². The second-order valence-corrected chi connectivity index (χ2v) is 5.66. The highest BCUT2D eigenvalue weighted by molar-refractivity contribution is 6.41. The van der Waals surface area contributed by atoms with Gasteiger partial charge in [-0.2, -0.15) is 0 Å². The molecule has 0 aromatic heterocycles. The number of halogens is 2. The van der Waals surface area contributed by atoms with Crippen molar-refractivity contribution in [3.63, 3.8) is 0 Å². The first-order chi connectivity index (χ1) is 11.1. The molecule has 0 bridgehead atoms. The molecular weight excluding hydrogens is 319 g/mol. The highest BCUT2D eigenvalue weighted by atomic mass is 35.5. The van der Waals surface area contributed by atoms with Crippen molar-refractivity contribution in [2.75, 3.05) is 18.0 Å². The second kappa shape index (κ2) is 6.38. The molecule has 2 aromatic rings. The molecular formula is C17H14ClFN2O2. The number of piperazine rings is 1. The van der Waals surface area contributed by atoms with Crippen LogP contribution in [0.4, 0.5) is 10.1 Å². The van der Waals surface area contributed by atoms with Crippen LogP contribution in [0.1, 0.15) is 5.56 Å². The van der Waals surface area contributed by atoms with Gasteiger partial charge in [-0.1, -0.05) is 29.8 Å². The first-order valence-corrected chi connectivity index (χ1v) is 7.54. The SMILES string of the molecule is O=C1C(=O)N(c2ccc(F)cc2)CCN1Cc1ccccc1Cl. The van der Waals surface area contributed by atoms with Crippen LogP contribution in [0.25, 0.3) is 0 Å². The van der Waals surface area contributed by atoms with E-state index in [2.05, 4.69) is 0 Å². The molecule has 0 radical (unpaired) electrons. The van der Waals surface area contributed by atoms with Crippen LogP contribution in [0.3, 0.4) is 0 Å². The van der Waals surface area contributed by atoms with Crippen molar-refractivity contribution in [3.05, 3.63) is 64.9 Å². The third kappa shape index (κ3) is 3.19. The topological polar surface area (TPSA) is 40.6 Å². The number of benzene rings is 2. The number of amides is 2. The lowest BCUT2D eigenvalue weighted by atomic mass is 10.1. The molecule has 1 aliphatic heterocycles. The highest BCUT2D eigenvalue weighted by Gasteiger charge is 2.33. The van der Waals surface area contributed by atoms with Gasteiger partial charge in [-0.15, -0.1) is 0 Å². The predicted molar refractivity (Wildman–Crippen MR) is 85.6 cm³/mol. The van der Waals surface area contributed by atoms with Crippen LogP contribution in [0.15, 0.2) is 48.5 Å². The fraction of sp³-hybridized carbons (Fsp3) is 0.176. The van der Waals surface area contributed by atoms with Gasteiger partial charge >= 0.3 is 11.8 Å². The Kier molecular flexibility index (Phi) is 4.30. The monoisotopic (exact) mass is 332 g/mol. The number of anilines is 1. The molecule has 1 heterocycles. The van der Waals surface area contributed by atoms with Crippen molar-refractivity contribution < 1.29 is 14.0 Å². The van der Waals surface area contributed by atoms with Crippen LogP contribution in [-0.2, 0) is 16.1 Å². The molecule has 23 heavy (non-hydrogen) atoms. The molecule has 0 atom stereocenters. The second-order valence-electron chi connectivity index (χ2n) is 5.25. The van der Waals surface area contributed by atoms with Gasteiger partial charge in [0, 0.05) is 30.3 Å². The van der Waals surface area contributed by atoms with E-state index < -0.39 is 11.8 Å². The molecule has 2 amide bonds. The molecule has 1 fully saturated rings. The minimum atomic E-state index is -0.616. The third-order valence-electron chi connectivity index (χ3n) is 3.77. The Balaban J connectivity index is 1.75. The van der Waals surface area contributed by atoms with Crippen LogP contribution in [0.5, 0.6) is 0 Å². The average Bonchev–Trinajstić information content (AvgIpc) is 2.55. The Hall–Kier alpha value is -2.40. The lowest BCUT2D eigenvalue weighted by molar-refractivity contribution is -0.146. The van der Waals surface area contributed by atoms with Crippen LogP contribution in [0.2, 0.25) is 5.02 Å². The normalized spacial score (nSPS) is 15.2. The van der Waals surface area contributed by atoms with E-state index in [4.69, 9.17) is 11.6 Å². The molecule has 6 heteroatoms. The molecule has 118 valence electrons. The minimum Gasteiger partial charge on any atom is -0.328 e. The first kappa shape index (κ1) is 15.5. The summed E-state index contributed by atoms with van der Waals surface area (Å²) in [7, 11) is 0. The van der Waals surface area contributed by atoms with E-state index in [0.717, 1.165) is 5.56 Å². The van der Waals surface area contributed by atoms with Gasteiger partial charge in [0.05, 0.1) is 0 Å². The average molecular weight is 333 g/mol. The molecule has 0 aliphatic carbocycles. The van der Waals surface area contributed by atoms with Gasteiger partial charge in [0.15, 0.2) is 0 Å². The summed E-state index contributed by atoms with van der Waals surface area (Å²) >= 11 is 6.10. The van der Waals surface area contributed by atoms with E-state index in [1.54, 1.807) is 6.07 Å². The molecule has 1 aliphatic rings. The van der Waals surface area contributed by atoms with Gasteiger partial charge in [0.1, 0.15) is 5.82 Å². The molecule has 3 rings (SSSR count). The lowest BCUT2D eigenvalue weighted by Gasteiger charge is -2.34. The summed E-state index contributed by atoms with van der Waals surface area (Å²) in [5.41, 5.74) is 1.31. The van der Waals surface area contributed by atoms with Crippen LogP contribution in [0, 0.1) is 5.82 Å². The number of nitrogens with zero attached hydrogens (tertiary/aromatic N) is 2. The Morgan fingerprint density at radius 1 is 0.957 bits per heavy atom. The number of hydrogen-bond donors (Lipinski definition) is 0. The summed E-state index contributed by atoms with van der Waals surface area (Å²) in [5.74, 6) is -1.58.